The van der Waals surface area contributed by atoms with Gasteiger partial charge in [-0.25, -0.2) is 9.97 Å². The molecule has 1 heterocycles. The number of nitrogens with zero attached hydrogens (tertiary/aromatic N) is 2. The van der Waals surface area contributed by atoms with E-state index in [4.69, 9.17) is 0 Å². The van der Waals surface area contributed by atoms with Crippen molar-refractivity contribution in [2.45, 2.75) is 28.4 Å². The number of nitrogens with one attached hydrogen (secondary N) is 1. The number of hydrogen-bond donors (Lipinski definition) is 1. The fourth-order valence-corrected chi connectivity index (χ4v) is 4.10. The first kappa shape index (κ1) is 18.5. The standard InChI is InChI=1S/C20H19N3OS2/c1-15-6-5-9-17(12-15)26-20-19(21-10-11-22-20)25-14-18(24)23-13-16-7-3-2-4-8-16/h2-12H,13-14H2,1H3,(H,23,24). The van der Waals surface area contributed by atoms with Gasteiger partial charge in [0.1, 0.15) is 10.1 Å². The third-order valence-electron chi connectivity index (χ3n) is 3.51. The molecule has 0 atom stereocenters. The Hall–Kier alpha value is -2.31. The van der Waals surface area contributed by atoms with Gasteiger partial charge < -0.3 is 5.32 Å². The number of hydrogen-bond acceptors (Lipinski definition) is 5. The zero-order valence-electron chi connectivity index (χ0n) is 14.4. The Bertz CT molecular complexity index is 872. The second-order valence-electron chi connectivity index (χ2n) is 5.64. The van der Waals surface area contributed by atoms with Crippen molar-refractivity contribution in [2.24, 2.45) is 0 Å². The molecule has 132 valence electrons. The van der Waals surface area contributed by atoms with Crippen LogP contribution in [0.15, 0.2) is 81.9 Å². The van der Waals surface area contributed by atoms with Gasteiger partial charge >= 0.3 is 0 Å². The van der Waals surface area contributed by atoms with E-state index in [0.717, 1.165) is 20.5 Å². The van der Waals surface area contributed by atoms with Gasteiger partial charge in [0.15, 0.2) is 0 Å². The van der Waals surface area contributed by atoms with Gasteiger partial charge in [-0.1, -0.05) is 71.6 Å². The van der Waals surface area contributed by atoms with E-state index in [2.05, 4.69) is 34.3 Å². The van der Waals surface area contributed by atoms with Crippen LogP contribution in [0, 0.1) is 6.92 Å². The SMILES string of the molecule is Cc1cccc(Sc2nccnc2SCC(=O)NCc2ccccc2)c1. The van der Waals surface area contributed by atoms with Crippen molar-refractivity contribution < 1.29 is 4.79 Å². The summed E-state index contributed by atoms with van der Waals surface area (Å²) >= 11 is 2.97. The maximum Gasteiger partial charge on any atom is 0.230 e. The zero-order chi connectivity index (χ0) is 18.2. The molecule has 0 radical (unpaired) electrons. The van der Waals surface area contributed by atoms with Gasteiger partial charge in [-0.2, -0.15) is 0 Å². The van der Waals surface area contributed by atoms with E-state index in [-0.39, 0.29) is 5.91 Å². The molecule has 3 aromatic rings. The van der Waals surface area contributed by atoms with E-state index in [9.17, 15) is 4.79 Å². The van der Waals surface area contributed by atoms with Crippen LogP contribution in [0.1, 0.15) is 11.1 Å². The lowest BCUT2D eigenvalue weighted by Gasteiger charge is -2.08. The maximum absolute atomic E-state index is 12.1. The van der Waals surface area contributed by atoms with Crippen LogP contribution in [0.3, 0.4) is 0 Å². The molecule has 0 bridgehead atoms. The quantitative estimate of drug-likeness (QED) is 0.617. The van der Waals surface area contributed by atoms with Crippen molar-refractivity contribution in [3.05, 3.63) is 78.1 Å². The van der Waals surface area contributed by atoms with Gasteiger partial charge in [-0.05, 0) is 24.6 Å². The van der Waals surface area contributed by atoms with Crippen molar-refractivity contribution in [3.63, 3.8) is 0 Å². The van der Waals surface area contributed by atoms with Gasteiger partial charge in [0, 0.05) is 23.8 Å². The molecule has 0 saturated carbocycles. The summed E-state index contributed by atoms with van der Waals surface area (Å²) < 4.78 is 0. The Morgan fingerprint density at radius 3 is 2.54 bits per heavy atom. The van der Waals surface area contributed by atoms with E-state index in [1.165, 1.54) is 17.3 Å². The number of amides is 1. The zero-order valence-corrected chi connectivity index (χ0v) is 16.0. The molecule has 1 N–H and O–H groups in total. The van der Waals surface area contributed by atoms with Gasteiger partial charge in [0.2, 0.25) is 5.91 Å². The molecular weight excluding hydrogens is 362 g/mol. The van der Waals surface area contributed by atoms with Crippen LogP contribution < -0.4 is 5.32 Å². The average molecular weight is 382 g/mol. The minimum Gasteiger partial charge on any atom is -0.351 e. The highest BCUT2D eigenvalue weighted by Gasteiger charge is 2.10. The number of carbonyl (C=O) groups is 1. The summed E-state index contributed by atoms with van der Waals surface area (Å²) in [5.41, 5.74) is 2.29. The van der Waals surface area contributed by atoms with Crippen LogP contribution in [0.2, 0.25) is 0 Å². The van der Waals surface area contributed by atoms with Gasteiger partial charge in [0.25, 0.3) is 0 Å². The largest absolute Gasteiger partial charge is 0.351 e. The highest BCUT2D eigenvalue weighted by molar-refractivity contribution is 8.02. The Morgan fingerprint density at radius 1 is 1.00 bits per heavy atom. The number of aromatic nitrogens is 2. The van der Waals surface area contributed by atoms with Crippen molar-refractivity contribution in [1.29, 1.82) is 0 Å². The number of carbonyl (C=O) groups excluding carboxylic acids is 1. The van der Waals surface area contributed by atoms with Crippen LogP contribution in [-0.2, 0) is 11.3 Å². The number of benzene rings is 2. The fourth-order valence-electron chi connectivity index (χ4n) is 2.25. The summed E-state index contributed by atoms with van der Waals surface area (Å²) in [5, 5.41) is 4.52. The van der Waals surface area contributed by atoms with E-state index < -0.39 is 0 Å². The van der Waals surface area contributed by atoms with Crippen LogP contribution in [0.25, 0.3) is 0 Å². The van der Waals surface area contributed by atoms with E-state index in [1.54, 1.807) is 24.2 Å². The Morgan fingerprint density at radius 2 is 1.77 bits per heavy atom. The van der Waals surface area contributed by atoms with Crippen molar-refractivity contribution in [1.82, 2.24) is 15.3 Å². The molecule has 6 heteroatoms. The molecule has 2 aromatic carbocycles. The average Bonchev–Trinajstić information content (AvgIpc) is 2.66. The molecule has 0 aliphatic rings. The second-order valence-corrected chi connectivity index (χ2v) is 7.66. The van der Waals surface area contributed by atoms with Crippen LogP contribution >= 0.6 is 23.5 Å². The first-order valence-electron chi connectivity index (χ1n) is 8.19. The molecular formula is C20H19N3OS2. The van der Waals surface area contributed by atoms with Crippen molar-refractivity contribution in [2.75, 3.05) is 5.75 Å². The summed E-state index contributed by atoms with van der Waals surface area (Å²) in [6.07, 6.45) is 3.34. The number of rotatable bonds is 7. The van der Waals surface area contributed by atoms with Crippen LogP contribution in [0.5, 0.6) is 0 Å². The molecule has 0 aliphatic carbocycles. The Balaban J connectivity index is 1.57. The second kappa shape index (κ2) is 9.40. The summed E-state index contributed by atoms with van der Waals surface area (Å²) in [7, 11) is 0. The Kier molecular flexibility index (Phi) is 6.68. The van der Waals surface area contributed by atoms with Gasteiger partial charge in [-0.15, -0.1) is 0 Å². The maximum atomic E-state index is 12.1. The minimum absolute atomic E-state index is 0.0176. The number of aryl methyl sites for hydroxylation is 1. The summed E-state index contributed by atoms with van der Waals surface area (Å²) in [6, 6.07) is 18.1. The highest BCUT2D eigenvalue weighted by atomic mass is 32.2. The lowest BCUT2D eigenvalue weighted by molar-refractivity contribution is -0.118. The first-order chi connectivity index (χ1) is 12.7. The molecule has 26 heavy (non-hydrogen) atoms. The molecule has 0 saturated heterocycles. The third kappa shape index (κ3) is 5.61. The number of thioether (sulfide) groups is 1. The summed E-state index contributed by atoms with van der Waals surface area (Å²) in [4.78, 5) is 22.0. The summed E-state index contributed by atoms with van der Waals surface area (Å²) in [5.74, 6) is 0.295. The van der Waals surface area contributed by atoms with Gasteiger partial charge in [-0.3, -0.25) is 4.79 Å². The van der Waals surface area contributed by atoms with E-state index in [1.807, 2.05) is 42.5 Å². The predicted octanol–water partition coefficient (Wildman–Crippen LogP) is 4.34. The smallest absolute Gasteiger partial charge is 0.230 e. The lowest BCUT2D eigenvalue weighted by Crippen LogP contribution is -2.24. The molecule has 3 rings (SSSR count). The third-order valence-corrected chi connectivity index (χ3v) is 5.60. The molecule has 1 aromatic heterocycles. The first-order valence-corrected chi connectivity index (χ1v) is 10.00. The van der Waals surface area contributed by atoms with Crippen LogP contribution in [0.4, 0.5) is 0 Å². The molecule has 0 spiro atoms. The molecule has 1 amide bonds. The predicted molar refractivity (Wildman–Crippen MR) is 106 cm³/mol. The minimum atomic E-state index is -0.0176. The van der Waals surface area contributed by atoms with Crippen molar-refractivity contribution >= 4 is 29.4 Å². The normalized spacial score (nSPS) is 10.5. The van der Waals surface area contributed by atoms with Gasteiger partial charge in [0.05, 0.1) is 5.75 Å². The summed E-state index contributed by atoms with van der Waals surface area (Å²) in [6.45, 7) is 2.60. The highest BCUT2D eigenvalue weighted by Crippen LogP contribution is 2.32. The lowest BCUT2D eigenvalue weighted by atomic mass is 10.2. The van der Waals surface area contributed by atoms with E-state index in [0.29, 0.717) is 12.3 Å². The molecule has 4 nitrogen and oxygen atoms in total. The molecule has 0 fully saturated rings. The molecule has 0 unspecified atom stereocenters. The fraction of sp³-hybridized carbons (Fsp3) is 0.150. The Labute approximate surface area is 161 Å². The molecule has 0 aliphatic heterocycles. The topological polar surface area (TPSA) is 54.9 Å². The monoisotopic (exact) mass is 381 g/mol. The van der Waals surface area contributed by atoms with Crippen molar-refractivity contribution in [3.8, 4) is 0 Å². The van der Waals surface area contributed by atoms with Crippen LogP contribution in [-0.4, -0.2) is 21.6 Å². The van der Waals surface area contributed by atoms with E-state index >= 15 is 0 Å².